The minimum absolute atomic E-state index is 0.0569. The van der Waals surface area contributed by atoms with Crippen LogP contribution in [-0.4, -0.2) is 43.0 Å². The quantitative estimate of drug-likeness (QED) is 0.417. The summed E-state index contributed by atoms with van der Waals surface area (Å²) >= 11 is 6.02. The van der Waals surface area contributed by atoms with Crippen molar-refractivity contribution in [3.05, 3.63) is 64.6 Å². The molecule has 0 bridgehead atoms. The van der Waals surface area contributed by atoms with Gasteiger partial charge in [0.25, 0.3) is 5.91 Å². The molecule has 1 N–H and O–H groups in total. The lowest BCUT2D eigenvalue weighted by molar-refractivity contribution is -0.120. The van der Waals surface area contributed by atoms with Crippen LogP contribution in [-0.2, 0) is 31.3 Å². The van der Waals surface area contributed by atoms with Gasteiger partial charge in [0, 0.05) is 16.5 Å². The van der Waals surface area contributed by atoms with Gasteiger partial charge in [0.15, 0.2) is 15.6 Å². The first-order valence-corrected chi connectivity index (χ1v) is 14.6. The highest BCUT2D eigenvalue weighted by Gasteiger charge is 2.40. The van der Waals surface area contributed by atoms with E-state index in [1.165, 1.54) is 11.0 Å². The molecule has 2 amide bonds. The van der Waals surface area contributed by atoms with Crippen LogP contribution in [0.25, 0.3) is 11.3 Å². The molecule has 0 aliphatic carbocycles. The molecule has 0 spiro atoms. The Labute approximate surface area is 237 Å². The van der Waals surface area contributed by atoms with Gasteiger partial charge >= 0.3 is 6.09 Å². The minimum atomic E-state index is -4.26. The highest BCUT2D eigenvalue weighted by Crippen LogP contribution is 2.38. The smallest absolute Gasteiger partial charge is 0.408 e. The van der Waals surface area contributed by atoms with Gasteiger partial charge in [-0.1, -0.05) is 49.7 Å². The maximum atomic E-state index is 15.5. The van der Waals surface area contributed by atoms with E-state index < -0.39 is 45.1 Å². The lowest BCUT2D eigenvalue weighted by Gasteiger charge is -2.27. The highest BCUT2D eigenvalue weighted by molar-refractivity contribution is 7.91. The molecule has 1 atom stereocenters. The fourth-order valence-electron chi connectivity index (χ4n) is 4.12. The third kappa shape index (κ3) is 6.47. The Morgan fingerprint density at radius 2 is 1.80 bits per heavy atom. The molecular weight excluding hydrogens is 561 g/mol. The van der Waals surface area contributed by atoms with Crippen LogP contribution in [0, 0.1) is 5.82 Å². The fraction of sp³-hybridized carbons (Fsp3) is 0.393. The van der Waals surface area contributed by atoms with Crippen molar-refractivity contribution in [1.82, 2.24) is 10.5 Å². The molecule has 9 nitrogen and oxygen atoms in total. The molecule has 0 saturated heterocycles. The number of halogens is 2. The molecular formula is C28H31ClFN3O6S. The van der Waals surface area contributed by atoms with E-state index in [9.17, 15) is 18.0 Å². The number of anilines is 1. The van der Waals surface area contributed by atoms with Gasteiger partial charge in [0.2, 0.25) is 0 Å². The standard InChI is InChI=1S/C28H31ClFN3O6S/c1-27(2,3)24-13-22(39-32-24)18-11-21-23(12-19(18)30)40(36,37)15-20(31-26(35)38-28(4,5)6)25(34)33(21)14-16-7-9-17(29)10-8-16/h7-13,20H,14-15H2,1-6H3,(H,31,35)/t20-/m0/s1. The first-order chi connectivity index (χ1) is 18.4. The van der Waals surface area contributed by atoms with E-state index in [1.807, 2.05) is 20.8 Å². The van der Waals surface area contributed by atoms with Crippen LogP contribution in [0.3, 0.4) is 0 Å². The van der Waals surface area contributed by atoms with Gasteiger partial charge in [0.1, 0.15) is 17.5 Å². The largest absolute Gasteiger partial charge is 0.444 e. The first-order valence-electron chi connectivity index (χ1n) is 12.5. The molecule has 1 aromatic heterocycles. The summed E-state index contributed by atoms with van der Waals surface area (Å²) in [7, 11) is -4.26. The van der Waals surface area contributed by atoms with Crippen LogP contribution in [0.1, 0.15) is 52.8 Å². The number of alkyl carbamates (subject to hydrolysis) is 1. The molecule has 3 aromatic rings. The maximum Gasteiger partial charge on any atom is 0.408 e. The van der Waals surface area contributed by atoms with E-state index in [4.69, 9.17) is 20.9 Å². The number of carbonyl (C=O) groups is 2. The van der Waals surface area contributed by atoms with Crippen molar-refractivity contribution in [3.8, 4) is 11.3 Å². The average molecular weight is 592 g/mol. The topological polar surface area (TPSA) is 119 Å². The molecule has 0 fully saturated rings. The van der Waals surface area contributed by atoms with Gasteiger partial charge in [-0.3, -0.25) is 4.79 Å². The van der Waals surface area contributed by atoms with Crippen molar-refractivity contribution in [2.45, 2.75) is 70.0 Å². The van der Waals surface area contributed by atoms with Crippen LogP contribution < -0.4 is 10.2 Å². The number of fused-ring (bicyclic) bond motifs is 1. The molecule has 1 aliphatic heterocycles. The number of sulfone groups is 1. The molecule has 4 rings (SSSR count). The average Bonchev–Trinajstić information content (AvgIpc) is 3.30. The summed E-state index contributed by atoms with van der Waals surface area (Å²) in [5.41, 5.74) is -0.198. The van der Waals surface area contributed by atoms with E-state index in [1.54, 1.807) is 51.1 Å². The van der Waals surface area contributed by atoms with Crippen LogP contribution in [0.5, 0.6) is 0 Å². The number of nitrogens with zero attached hydrogens (tertiary/aromatic N) is 2. The second-order valence-electron chi connectivity index (χ2n) is 11.7. The van der Waals surface area contributed by atoms with Crippen LogP contribution in [0.2, 0.25) is 5.02 Å². The molecule has 0 unspecified atom stereocenters. The Balaban J connectivity index is 1.85. The SMILES string of the molecule is CC(C)(C)OC(=O)N[C@H]1CS(=O)(=O)c2cc(F)c(-c3cc(C(C)(C)C)no3)cc2N(Cc2ccc(Cl)cc2)C1=O. The highest BCUT2D eigenvalue weighted by atomic mass is 35.5. The zero-order valence-corrected chi connectivity index (χ0v) is 24.6. The van der Waals surface area contributed by atoms with Crippen molar-refractivity contribution in [1.29, 1.82) is 0 Å². The number of aromatic nitrogens is 1. The zero-order chi connectivity index (χ0) is 29.6. The lowest BCUT2D eigenvalue weighted by Crippen LogP contribution is -2.51. The maximum absolute atomic E-state index is 15.5. The van der Waals surface area contributed by atoms with Crippen molar-refractivity contribution in [3.63, 3.8) is 0 Å². The number of hydrogen-bond acceptors (Lipinski definition) is 7. The Morgan fingerprint density at radius 1 is 1.15 bits per heavy atom. The van der Waals surface area contributed by atoms with Gasteiger partial charge < -0.3 is 19.5 Å². The summed E-state index contributed by atoms with van der Waals surface area (Å²) in [5.74, 6) is -2.29. The summed E-state index contributed by atoms with van der Waals surface area (Å²) in [6.07, 6.45) is -0.957. The van der Waals surface area contributed by atoms with Crippen molar-refractivity contribution in [2.75, 3.05) is 10.7 Å². The molecule has 40 heavy (non-hydrogen) atoms. The van der Waals surface area contributed by atoms with Crippen molar-refractivity contribution >= 4 is 39.1 Å². The van der Waals surface area contributed by atoms with Crippen LogP contribution >= 0.6 is 11.6 Å². The predicted molar refractivity (Wildman–Crippen MR) is 148 cm³/mol. The molecule has 12 heteroatoms. The second-order valence-corrected chi connectivity index (χ2v) is 14.1. The van der Waals surface area contributed by atoms with Gasteiger partial charge in [-0.15, -0.1) is 0 Å². The summed E-state index contributed by atoms with van der Waals surface area (Å²) in [5, 5.41) is 6.89. The molecule has 2 heterocycles. The number of ether oxygens (including phenoxy) is 1. The number of nitrogens with one attached hydrogen (secondary N) is 1. The number of hydrogen-bond donors (Lipinski definition) is 1. The number of rotatable bonds is 4. The van der Waals surface area contributed by atoms with Gasteiger partial charge in [-0.05, 0) is 50.6 Å². The predicted octanol–water partition coefficient (Wildman–Crippen LogP) is 5.65. The molecule has 0 saturated carbocycles. The van der Waals surface area contributed by atoms with E-state index in [2.05, 4.69) is 10.5 Å². The summed E-state index contributed by atoms with van der Waals surface area (Å²) in [6.45, 7) is 10.6. The van der Waals surface area contributed by atoms with Gasteiger partial charge in [-0.25, -0.2) is 17.6 Å². The number of amides is 2. The van der Waals surface area contributed by atoms with E-state index in [-0.39, 0.29) is 33.9 Å². The fourth-order valence-corrected chi connectivity index (χ4v) is 5.87. The normalized spacial score (nSPS) is 17.2. The Morgan fingerprint density at radius 3 is 2.38 bits per heavy atom. The van der Waals surface area contributed by atoms with E-state index >= 15 is 4.39 Å². The van der Waals surface area contributed by atoms with Gasteiger partial charge in [-0.2, -0.15) is 0 Å². The summed E-state index contributed by atoms with van der Waals surface area (Å²) in [4.78, 5) is 27.2. The zero-order valence-electron chi connectivity index (χ0n) is 23.0. The summed E-state index contributed by atoms with van der Waals surface area (Å²) < 4.78 is 53.2. The van der Waals surface area contributed by atoms with E-state index in [0.717, 1.165) is 6.07 Å². The second kappa shape index (κ2) is 10.5. The monoisotopic (exact) mass is 591 g/mol. The first kappa shape index (κ1) is 29.5. The summed E-state index contributed by atoms with van der Waals surface area (Å²) in [6, 6.07) is 8.84. The van der Waals surface area contributed by atoms with Crippen molar-refractivity contribution in [2.24, 2.45) is 0 Å². The number of carbonyl (C=O) groups excluding carboxylic acids is 2. The van der Waals surface area contributed by atoms with Crippen molar-refractivity contribution < 1.29 is 31.7 Å². The third-order valence-electron chi connectivity index (χ3n) is 6.11. The Kier molecular flexibility index (Phi) is 7.76. The Hall–Kier alpha value is -3.44. The van der Waals surface area contributed by atoms with E-state index in [0.29, 0.717) is 16.3 Å². The molecule has 2 aromatic carbocycles. The lowest BCUT2D eigenvalue weighted by atomic mass is 9.92. The Bertz CT molecular complexity index is 1560. The van der Waals surface area contributed by atoms with Crippen LogP contribution in [0.4, 0.5) is 14.9 Å². The molecule has 1 aliphatic rings. The minimum Gasteiger partial charge on any atom is -0.444 e. The molecule has 0 radical (unpaired) electrons. The number of benzene rings is 2. The molecule has 214 valence electrons. The van der Waals surface area contributed by atoms with Crippen LogP contribution in [0.15, 0.2) is 51.9 Å². The third-order valence-corrected chi connectivity index (χ3v) is 8.13. The van der Waals surface area contributed by atoms with Gasteiger partial charge in [0.05, 0.1) is 34.1 Å².